The Morgan fingerprint density at radius 3 is 2.54 bits per heavy atom. The van der Waals surface area contributed by atoms with Crippen molar-refractivity contribution in [3.8, 4) is 17.2 Å². The van der Waals surface area contributed by atoms with E-state index in [0.29, 0.717) is 5.57 Å². The lowest BCUT2D eigenvalue weighted by atomic mass is 9.91. The van der Waals surface area contributed by atoms with Crippen LogP contribution in [0.2, 0.25) is 0 Å². The first-order chi connectivity index (χ1) is 12.6. The molecule has 0 amide bonds. The van der Waals surface area contributed by atoms with Crippen LogP contribution in [0.4, 0.5) is 5.00 Å². The molecule has 1 aliphatic rings. The van der Waals surface area contributed by atoms with Crippen molar-refractivity contribution in [1.29, 1.82) is 5.26 Å². The van der Waals surface area contributed by atoms with E-state index in [0.717, 1.165) is 34.5 Å². The minimum Gasteiger partial charge on any atom is -0.354 e. The summed E-state index contributed by atoms with van der Waals surface area (Å²) in [6.45, 7) is 7.75. The van der Waals surface area contributed by atoms with Crippen molar-refractivity contribution in [3.63, 3.8) is 0 Å². The fraction of sp³-hybridized carbons (Fsp3) is 0.174. The molecule has 0 saturated heterocycles. The summed E-state index contributed by atoms with van der Waals surface area (Å²) in [5.41, 5.74) is 7.94. The smallest absolute Gasteiger partial charge is 0.100 e. The average molecular weight is 359 g/mol. The van der Waals surface area contributed by atoms with Crippen molar-refractivity contribution in [2.45, 2.75) is 26.7 Å². The van der Waals surface area contributed by atoms with Crippen LogP contribution in [0.25, 0.3) is 22.8 Å². The second kappa shape index (κ2) is 8.03. The predicted molar refractivity (Wildman–Crippen MR) is 114 cm³/mol. The summed E-state index contributed by atoms with van der Waals surface area (Å²) < 4.78 is 0. The molecule has 0 spiro atoms. The molecule has 0 atom stereocenters. The van der Waals surface area contributed by atoms with Gasteiger partial charge in [-0.15, -0.1) is 11.3 Å². The van der Waals surface area contributed by atoms with Gasteiger partial charge >= 0.3 is 0 Å². The van der Waals surface area contributed by atoms with Gasteiger partial charge in [0.15, 0.2) is 0 Å². The van der Waals surface area contributed by atoms with Crippen LogP contribution in [0.15, 0.2) is 65.7 Å². The molecule has 0 saturated carbocycles. The summed E-state index contributed by atoms with van der Waals surface area (Å²) in [6, 6.07) is 10.9. The van der Waals surface area contributed by atoms with Crippen LogP contribution in [0.1, 0.15) is 37.8 Å². The molecule has 1 heterocycles. The van der Waals surface area contributed by atoms with Crippen LogP contribution in [-0.2, 0) is 0 Å². The zero-order valence-electron chi connectivity index (χ0n) is 15.2. The molecule has 26 heavy (non-hydrogen) atoms. The number of rotatable bonds is 5. The van der Waals surface area contributed by atoms with Crippen molar-refractivity contribution in [2.24, 2.45) is 0 Å². The molecule has 3 heteroatoms. The highest BCUT2D eigenvalue weighted by molar-refractivity contribution is 7.15. The van der Waals surface area contributed by atoms with E-state index < -0.39 is 0 Å². The van der Waals surface area contributed by atoms with E-state index in [1.807, 2.05) is 13.0 Å². The van der Waals surface area contributed by atoms with E-state index in [1.165, 1.54) is 16.7 Å². The number of nitrogens with zero attached hydrogens (tertiary/aromatic N) is 1. The first kappa shape index (κ1) is 18.0. The van der Waals surface area contributed by atoms with Crippen LogP contribution in [0.5, 0.6) is 0 Å². The molecule has 130 valence electrons. The molecule has 0 bridgehead atoms. The fourth-order valence-corrected chi connectivity index (χ4v) is 4.11. The van der Waals surface area contributed by atoms with Gasteiger partial charge in [0.1, 0.15) is 5.00 Å². The number of benzene rings is 1. The Hall–Kier alpha value is -2.83. The standard InChI is InChI=1S/C23H22N2S/c1-4-25-23-21(13-16(2)14-24)22(15-26-23)19-11-9-18(10-12-19)20-8-6-5-7-17(20)3/h4,7-13,15,25H,1,5-6H2,2-3H3/b16-13+. The van der Waals surface area contributed by atoms with Crippen LogP contribution >= 0.6 is 11.3 Å². The second-order valence-corrected chi connectivity index (χ2v) is 7.22. The molecule has 1 aromatic carbocycles. The quantitative estimate of drug-likeness (QED) is 0.583. The highest BCUT2D eigenvalue weighted by atomic mass is 32.1. The van der Waals surface area contributed by atoms with Crippen LogP contribution < -0.4 is 5.32 Å². The number of nitrogens with one attached hydrogen (secondary N) is 1. The van der Waals surface area contributed by atoms with E-state index in [1.54, 1.807) is 17.5 Å². The Morgan fingerprint density at radius 1 is 1.19 bits per heavy atom. The third-order valence-electron chi connectivity index (χ3n) is 4.50. The average Bonchev–Trinajstić information content (AvgIpc) is 3.05. The molecule has 2 nitrogen and oxygen atoms in total. The predicted octanol–water partition coefficient (Wildman–Crippen LogP) is 7.02. The van der Waals surface area contributed by atoms with Crippen molar-refractivity contribution < 1.29 is 0 Å². The molecule has 3 rings (SSSR count). The number of hydrogen-bond acceptors (Lipinski definition) is 3. The molecule has 0 aliphatic heterocycles. The van der Waals surface area contributed by atoms with Gasteiger partial charge in [0.2, 0.25) is 0 Å². The van der Waals surface area contributed by atoms with Gasteiger partial charge in [-0.3, -0.25) is 0 Å². The van der Waals surface area contributed by atoms with Crippen molar-refractivity contribution in [2.75, 3.05) is 5.32 Å². The van der Waals surface area contributed by atoms with Gasteiger partial charge in [0.05, 0.1) is 6.07 Å². The largest absolute Gasteiger partial charge is 0.354 e. The number of allylic oxidation sites excluding steroid dienone is 5. The van der Waals surface area contributed by atoms with E-state index in [2.05, 4.69) is 66.7 Å². The molecule has 1 aromatic heterocycles. The molecule has 2 aromatic rings. The van der Waals surface area contributed by atoms with Crippen molar-refractivity contribution >= 4 is 28.0 Å². The Balaban J connectivity index is 2.00. The monoisotopic (exact) mass is 358 g/mol. The number of thiophene rings is 1. The fourth-order valence-electron chi connectivity index (χ4n) is 3.16. The second-order valence-electron chi connectivity index (χ2n) is 6.34. The molecular formula is C23H22N2S. The minimum atomic E-state index is 0.682. The normalized spacial score (nSPS) is 14.3. The first-order valence-electron chi connectivity index (χ1n) is 8.69. The van der Waals surface area contributed by atoms with Gasteiger partial charge in [0.25, 0.3) is 0 Å². The first-order valence-corrected chi connectivity index (χ1v) is 9.57. The SMILES string of the molecule is C=CNc1scc(-c2ccc(C3=CCCC=C3C)cc2)c1/C=C(\C)C#N. The maximum Gasteiger partial charge on any atom is 0.100 e. The van der Waals surface area contributed by atoms with E-state index in [4.69, 9.17) is 5.26 Å². The van der Waals surface area contributed by atoms with Gasteiger partial charge in [-0.1, -0.05) is 43.0 Å². The highest BCUT2D eigenvalue weighted by Gasteiger charge is 2.13. The van der Waals surface area contributed by atoms with Gasteiger partial charge < -0.3 is 5.32 Å². The van der Waals surface area contributed by atoms with E-state index >= 15 is 0 Å². The number of anilines is 1. The summed E-state index contributed by atoms with van der Waals surface area (Å²) in [5, 5.41) is 15.5. The summed E-state index contributed by atoms with van der Waals surface area (Å²) in [7, 11) is 0. The number of hydrogen-bond donors (Lipinski definition) is 1. The zero-order chi connectivity index (χ0) is 18.5. The summed E-state index contributed by atoms with van der Waals surface area (Å²) in [6.07, 6.45) is 10.5. The Labute approximate surface area is 159 Å². The van der Waals surface area contributed by atoms with Crippen molar-refractivity contribution in [1.82, 2.24) is 0 Å². The van der Waals surface area contributed by atoms with E-state index in [9.17, 15) is 0 Å². The van der Waals surface area contributed by atoms with Crippen LogP contribution in [-0.4, -0.2) is 0 Å². The lowest BCUT2D eigenvalue weighted by molar-refractivity contribution is 1.02. The third-order valence-corrected chi connectivity index (χ3v) is 5.42. The maximum atomic E-state index is 9.15. The number of nitriles is 1. The molecule has 0 radical (unpaired) electrons. The topological polar surface area (TPSA) is 35.8 Å². The van der Waals surface area contributed by atoms with Gasteiger partial charge in [0, 0.05) is 22.1 Å². The maximum absolute atomic E-state index is 9.15. The highest BCUT2D eigenvalue weighted by Crippen LogP contribution is 2.38. The van der Waals surface area contributed by atoms with Crippen LogP contribution in [0.3, 0.4) is 0 Å². The molecule has 0 fully saturated rings. The summed E-state index contributed by atoms with van der Waals surface area (Å²) in [4.78, 5) is 0. The summed E-state index contributed by atoms with van der Waals surface area (Å²) >= 11 is 1.62. The van der Waals surface area contributed by atoms with E-state index in [-0.39, 0.29) is 0 Å². The van der Waals surface area contributed by atoms with Crippen LogP contribution in [0, 0.1) is 11.3 Å². The zero-order valence-corrected chi connectivity index (χ0v) is 16.0. The Morgan fingerprint density at radius 2 is 1.88 bits per heavy atom. The van der Waals surface area contributed by atoms with Crippen molar-refractivity contribution in [3.05, 3.63) is 76.8 Å². The lowest BCUT2D eigenvalue weighted by Crippen LogP contribution is -1.92. The molecule has 1 aliphatic carbocycles. The summed E-state index contributed by atoms with van der Waals surface area (Å²) in [5.74, 6) is 0. The Bertz CT molecular complexity index is 947. The Kier molecular flexibility index (Phi) is 5.55. The van der Waals surface area contributed by atoms with Gasteiger partial charge in [-0.25, -0.2) is 0 Å². The molecule has 1 N–H and O–H groups in total. The van der Waals surface area contributed by atoms with Gasteiger partial charge in [-0.05, 0) is 61.2 Å². The van der Waals surface area contributed by atoms with Gasteiger partial charge in [-0.2, -0.15) is 5.26 Å². The minimum absolute atomic E-state index is 0.682. The molecule has 0 unspecified atom stereocenters. The molecular weight excluding hydrogens is 336 g/mol. The lowest BCUT2D eigenvalue weighted by Gasteiger charge is -2.13. The third kappa shape index (κ3) is 3.71.